The second-order valence-electron chi connectivity index (χ2n) is 8.37. The Morgan fingerprint density at radius 3 is 1.56 bits per heavy atom. The van der Waals surface area contributed by atoms with Gasteiger partial charge in [-0.25, -0.2) is 0 Å². The Morgan fingerprint density at radius 2 is 0.971 bits per heavy atom. The fraction of sp³-hybridized carbons (Fsp3) is 1.00. The minimum absolute atomic E-state index is 0.616. The van der Waals surface area contributed by atoms with E-state index in [1.54, 1.807) is 0 Å². The smallest absolute Gasteiger partial charge is 0.187 e. The van der Waals surface area contributed by atoms with Crippen molar-refractivity contribution in [2.45, 2.75) is 92.1 Å². The van der Waals surface area contributed by atoms with E-state index in [-0.39, 0.29) is 0 Å². The van der Waals surface area contributed by atoms with E-state index in [4.69, 9.17) is 28.8 Å². The molecule has 34 heavy (non-hydrogen) atoms. The van der Waals surface area contributed by atoms with Crippen molar-refractivity contribution in [3.05, 3.63) is 0 Å². The lowest BCUT2D eigenvalue weighted by Gasteiger charge is -2.45. The van der Waals surface area contributed by atoms with Crippen molar-refractivity contribution in [3.63, 3.8) is 0 Å². The molecule has 0 aliphatic carbocycles. The molecule has 0 bridgehead atoms. The number of hydrogen-bond acceptors (Lipinski definition) is 16. The summed E-state index contributed by atoms with van der Waals surface area (Å²) in [5, 5.41) is 109. The minimum Gasteiger partial charge on any atom is -0.394 e. The molecule has 3 saturated heterocycles. The number of aliphatic hydroxyl groups excluding tert-OH is 11. The lowest BCUT2D eigenvalue weighted by molar-refractivity contribution is -0.367. The Kier molecular flexibility index (Phi) is 9.54. The summed E-state index contributed by atoms with van der Waals surface area (Å²) in [6.45, 7) is -2.03. The third-order valence-corrected chi connectivity index (χ3v) is 6.08. The van der Waals surface area contributed by atoms with Crippen LogP contribution in [0.2, 0.25) is 0 Å². The first-order valence-electron chi connectivity index (χ1n) is 10.6. The Hall–Kier alpha value is -0.640. The molecular weight excluding hydrogens is 472 g/mol. The minimum atomic E-state index is -1.88. The van der Waals surface area contributed by atoms with Crippen LogP contribution in [0.3, 0.4) is 0 Å². The van der Waals surface area contributed by atoms with E-state index in [1.807, 2.05) is 0 Å². The third kappa shape index (κ3) is 5.52. The van der Waals surface area contributed by atoms with Crippen LogP contribution in [0.5, 0.6) is 0 Å². The Labute approximate surface area is 192 Å². The average molecular weight is 504 g/mol. The summed E-state index contributed by atoms with van der Waals surface area (Å²) in [6.07, 6.45) is -25.0. The highest BCUT2D eigenvalue weighted by Gasteiger charge is 2.51. The van der Waals surface area contributed by atoms with E-state index >= 15 is 0 Å². The van der Waals surface area contributed by atoms with Gasteiger partial charge in [0.05, 0.1) is 19.8 Å². The van der Waals surface area contributed by atoms with Crippen molar-refractivity contribution in [2.24, 2.45) is 0 Å². The van der Waals surface area contributed by atoms with Gasteiger partial charge in [-0.3, -0.25) is 0 Å². The molecule has 0 radical (unpaired) electrons. The number of aliphatic hydroxyl groups is 11. The van der Waals surface area contributed by atoms with Gasteiger partial charge in [0.15, 0.2) is 18.9 Å². The molecule has 15 atom stereocenters. The molecular formula is C18H32O16. The standard InChI is InChI=1S/C18H32O16/c19-1-4-8(22)12(26)15(16(29)31-4)34-18-14(28)11(25)9(23)6(33-18)3-30-17-13(27)10(24)7(21)5(2-20)32-17/h4-29H,1-3H2/t4-,5-,6-,7-,8-,9-,10+,11+,12+,13-,14-,15-,16-,17-,18+/m1/s1. The molecule has 0 amide bonds. The van der Waals surface area contributed by atoms with Crippen LogP contribution >= 0.6 is 0 Å². The van der Waals surface area contributed by atoms with E-state index in [9.17, 15) is 51.1 Å². The summed E-state index contributed by atoms with van der Waals surface area (Å²) in [5.74, 6) is 0. The van der Waals surface area contributed by atoms with Gasteiger partial charge in [-0.05, 0) is 0 Å². The topological polar surface area (TPSA) is 269 Å². The number of ether oxygens (including phenoxy) is 5. The van der Waals surface area contributed by atoms with Gasteiger partial charge in [0, 0.05) is 0 Å². The maximum atomic E-state index is 10.2. The highest BCUT2D eigenvalue weighted by atomic mass is 16.7. The largest absolute Gasteiger partial charge is 0.394 e. The lowest BCUT2D eigenvalue weighted by atomic mass is 9.97. The predicted octanol–water partition coefficient (Wildman–Crippen LogP) is -7.57. The molecule has 0 spiro atoms. The van der Waals surface area contributed by atoms with Gasteiger partial charge >= 0.3 is 0 Å². The van der Waals surface area contributed by atoms with Gasteiger partial charge in [-0.1, -0.05) is 0 Å². The zero-order valence-corrected chi connectivity index (χ0v) is 17.7. The van der Waals surface area contributed by atoms with Gasteiger partial charge in [0.25, 0.3) is 0 Å². The molecule has 3 aliphatic rings. The van der Waals surface area contributed by atoms with E-state index < -0.39 is 112 Å². The monoisotopic (exact) mass is 504 g/mol. The van der Waals surface area contributed by atoms with Crippen molar-refractivity contribution in [3.8, 4) is 0 Å². The molecule has 0 aromatic heterocycles. The van der Waals surface area contributed by atoms with Crippen molar-refractivity contribution in [1.29, 1.82) is 0 Å². The summed E-state index contributed by atoms with van der Waals surface area (Å²) in [7, 11) is 0. The first-order chi connectivity index (χ1) is 16.0. The maximum absolute atomic E-state index is 10.2. The van der Waals surface area contributed by atoms with Gasteiger partial charge in [-0.15, -0.1) is 0 Å². The van der Waals surface area contributed by atoms with E-state index in [2.05, 4.69) is 0 Å². The second-order valence-corrected chi connectivity index (χ2v) is 8.37. The normalized spacial score (nSPS) is 52.5. The summed E-state index contributed by atoms with van der Waals surface area (Å²) < 4.78 is 26.1. The highest BCUT2D eigenvalue weighted by Crippen LogP contribution is 2.29. The molecule has 0 unspecified atom stereocenters. The van der Waals surface area contributed by atoms with Gasteiger partial charge < -0.3 is 79.9 Å². The predicted molar refractivity (Wildman–Crippen MR) is 101 cm³/mol. The molecule has 0 aromatic rings. The summed E-state index contributed by atoms with van der Waals surface area (Å²) in [5.41, 5.74) is 0. The molecule has 3 fully saturated rings. The van der Waals surface area contributed by atoms with Crippen LogP contribution in [0.25, 0.3) is 0 Å². The summed E-state index contributed by atoms with van der Waals surface area (Å²) >= 11 is 0. The van der Waals surface area contributed by atoms with Crippen LogP contribution < -0.4 is 0 Å². The summed E-state index contributed by atoms with van der Waals surface area (Å²) in [4.78, 5) is 0. The highest BCUT2D eigenvalue weighted by molar-refractivity contribution is 4.94. The Morgan fingerprint density at radius 1 is 0.500 bits per heavy atom. The molecule has 3 aliphatic heterocycles. The second kappa shape index (κ2) is 11.6. The van der Waals surface area contributed by atoms with E-state index in [1.165, 1.54) is 0 Å². The molecule has 200 valence electrons. The molecule has 0 aromatic carbocycles. The average Bonchev–Trinajstić information content (AvgIpc) is 2.82. The SMILES string of the molecule is OC[C@H]1O[C@@H](OC[C@H]2O[C@@H](O[C@@H]3[C@@H](O)[C@H](O)[C@@H](CO)O[C@H]3O)[C@H](O)[C@@H](O)[C@@H]2O)[C@H](O)[C@@H](O)[C@@H]1O. The van der Waals surface area contributed by atoms with Crippen molar-refractivity contribution < 1.29 is 79.9 Å². The molecule has 0 saturated carbocycles. The van der Waals surface area contributed by atoms with Crippen molar-refractivity contribution in [1.82, 2.24) is 0 Å². The number of rotatable bonds is 7. The molecule has 16 heteroatoms. The van der Waals surface area contributed by atoms with Crippen LogP contribution in [0.4, 0.5) is 0 Å². The van der Waals surface area contributed by atoms with Gasteiger partial charge in [-0.2, -0.15) is 0 Å². The fourth-order valence-electron chi connectivity index (χ4n) is 3.94. The molecule has 11 N–H and O–H groups in total. The number of hydrogen-bond donors (Lipinski definition) is 11. The molecule has 16 nitrogen and oxygen atoms in total. The Bertz CT molecular complexity index is 639. The third-order valence-electron chi connectivity index (χ3n) is 6.08. The van der Waals surface area contributed by atoms with Crippen LogP contribution in [-0.2, 0) is 23.7 Å². The zero-order valence-electron chi connectivity index (χ0n) is 17.7. The Balaban J connectivity index is 1.64. The van der Waals surface area contributed by atoms with Crippen molar-refractivity contribution >= 4 is 0 Å². The van der Waals surface area contributed by atoms with Crippen LogP contribution in [0, 0.1) is 0 Å². The van der Waals surface area contributed by atoms with E-state index in [0.717, 1.165) is 0 Å². The first kappa shape index (κ1) is 27.9. The van der Waals surface area contributed by atoms with Crippen LogP contribution in [-0.4, -0.2) is 168 Å². The van der Waals surface area contributed by atoms with Crippen molar-refractivity contribution in [2.75, 3.05) is 19.8 Å². The van der Waals surface area contributed by atoms with Gasteiger partial charge in [0.1, 0.15) is 73.2 Å². The quantitative estimate of drug-likeness (QED) is 0.154. The zero-order chi connectivity index (χ0) is 25.3. The van der Waals surface area contributed by atoms with Gasteiger partial charge in [0.2, 0.25) is 0 Å². The van der Waals surface area contributed by atoms with E-state index in [0.29, 0.717) is 0 Å². The first-order valence-corrected chi connectivity index (χ1v) is 10.6. The van der Waals surface area contributed by atoms with Crippen LogP contribution in [0.15, 0.2) is 0 Å². The molecule has 3 heterocycles. The summed E-state index contributed by atoms with van der Waals surface area (Å²) in [6, 6.07) is 0. The molecule has 3 rings (SSSR count). The van der Waals surface area contributed by atoms with Crippen LogP contribution in [0.1, 0.15) is 0 Å². The fourth-order valence-corrected chi connectivity index (χ4v) is 3.94. The maximum Gasteiger partial charge on any atom is 0.187 e. The lowest BCUT2D eigenvalue weighted by Crippen LogP contribution is -2.64.